The van der Waals surface area contributed by atoms with E-state index in [1.54, 1.807) is 18.2 Å². The molecule has 5 nitrogen and oxygen atoms in total. The summed E-state index contributed by atoms with van der Waals surface area (Å²) in [5.41, 5.74) is 0.449. The maximum absolute atomic E-state index is 11.9. The average molecular weight is 335 g/mol. The smallest absolute Gasteiger partial charge is 0.232 e. The Kier molecular flexibility index (Phi) is 7.85. The molecule has 0 aliphatic heterocycles. The molecule has 21 heavy (non-hydrogen) atoms. The highest BCUT2D eigenvalue weighted by atomic mass is 35.5. The van der Waals surface area contributed by atoms with Gasteiger partial charge in [-0.2, -0.15) is 0 Å². The lowest BCUT2D eigenvalue weighted by atomic mass is 10.3. The molecule has 1 aromatic rings. The van der Waals surface area contributed by atoms with Gasteiger partial charge in [-0.15, -0.1) is 0 Å². The Morgan fingerprint density at radius 2 is 2.00 bits per heavy atom. The molecule has 0 saturated heterocycles. The predicted molar refractivity (Wildman–Crippen MR) is 87.8 cm³/mol. The predicted octanol–water partition coefficient (Wildman–Crippen LogP) is 2.87. The summed E-state index contributed by atoms with van der Waals surface area (Å²) in [4.78, 5) is 0. The monoisotopic (exact) mass is 334 g/mol. The molecule has 0 amide bonds. The van der Waals surface area contributed by atoms with Crippen LogP contribution >= 0.6 is 11.6 Å². The standard InChI is InChI=1S/C14H23ClN2O3S/c1-3-8-16-9-4-5-10-21(18,19)17-12-6-7-14(20-2)13(15)11-12/h6-7,11,16-17H,3-5,8-10H2,1-2H3. The van der Waals surface area contributed by atoms with Gasteiger partial charge in [0.25, 0.3) is 0 Å². The first kappa shape index (κ1) is 18.1. The summed E-state index contributed by atoms with van der Waals surface area (Å²) in [7, 11) is -1.83. The second-order valence-corrected chi connectivity index (χ2v) is 6.98. The molecule has 0 saturated carbocycles. The molecule has 1 rings (SSSR count). The second-order valence-electron chi connectivity index (χ2n) is 4.73. The zero-order valence-corrected chi connectivity index (χ0v) is 14.1. The van der Waals surface area contributed by atoms with Crippen LogP contribution in [0.15, 0.2) is 18.2 Å². The average Bonchev–Trinajstić information content (AvgIpc) is 2.42. The third-order valence-corrected chi connectivity index (χ3v) is 4.54. The van der Waals surface area contributed by atoms with Crippen molar-refractivity contribution in [1.82, 2.24) is 5.32 Å². The van der Waals surface area contributed by atoms with Crippen molar-refractivity contribution in [1.29, 1.82) is 0 Å². The van der Waals surface area contributed by atoms with E-state index in [4.69, 9.17) is 16.3 Å². The zero-order chi connectivity index (χ0) is 15.7. The lowest BCUT2D eigenvalue weighted by Gasteiger charge is -2.10. The summed E-state index contributed by atoms with van der Waals surface area (Å²) in [5.74, 6) is 0.617. The van der Waals surface area contributed by atoms with Crippen LogP contribution in [0.25, 0.3) is 0 Å². The van der Waals surface area contributed by atoms with Gasteiger partial charge in [0.1, 0.15) is 5.75 Å². The number of hydrogen-bond acceptors (Lipinski definition) is 4. The first-order valence-electron chi connectivity index (χ1n) is 7.03. The van der Waals surface area contributed by atoms with Gasteiger partial charge in [-0.25, -0.2) is 8.42 Å². The van der Waals surface area contributed by atoms with Gasteiger partial charge in [-0.3, -0.25) is 4.72 Å². The van der Waals surface area contributed by atoms with Gasteiger partial charge in [0.05, 0.1) is 23.6 Å². The van der Waals surface area contributed by atoms with Gasteiger partial charge >= 0.3 is 0 Å². The largest absolute Gasteiger partial charge is 0.495 e. The van der Waals surface area contributed by atoms with Crippen LogP contribution in [0.5, 0.6) is 5.75 Å². The Labute approximate surface area is 132 Å². The maximum Gasteiger partial charge on any atom is 0.232 e. The van der Waals surface area contributed by atoms with Gasteiger partial charge in [0, 0.05) is 0 Å². The molecule has 2 N–H and O–H groups in total. The molecule has 0 bridgehead atoms. The van der Waals surface area contributed by atoms with Gasteiger partial charge in [0.2, 0.25) is 10.0 Å². The molecule has 0 unspecified atom stereocenters. The van der Waals surface area contributed by atoms with E-state index >= 15 is 0 Å². The van der Waals surface area contributed by atoms with Crippen molar-refractivity contribution in [2.24, 2.45) is 0 Å². The van der Waals surface area contributed by atoms with E-state index in [9.17, 15) is 8.42 Å². The molecule has 0 aromatic heterocycles. The van der Waals surface area contributed by atoms with Gasteiger partial charge in [0.15, 0.2) is 0 Å². The molecule has 0 radical (unpaired) electrons. The summed E-state index contributed by atoms with van der Waals surface area (Å²) in [5, 5.41) is 3.62. The van der Waals surface area contributed by atoms with Gasteiger partial charge < -0.3 is 10.1 Å². The van der Waals surface area contributed by atoms with Crippen molar-refractivity contribution in [3.8, 4) is 5.75 Å². The summed E-state index contributed by atoms with van der Waals surface area (Å²) < 4.78 is 31.4. The van der Waals surface area contributed by atoms with Crippen molar-refractivity contribution >= 4 is 27.3 Å². The Hall–Kier alpha value is -0.980. The van der Waals surface area contributed by atoms with Crippen LogP contribution < -0.4 is 14.8 Å². The number of nitrogens with one attached hydrogen (secondary N) is 2. The van der Waals surface area contributed by atoms with Crippen molar-refractivity contribution < 1.29 is 13.2 Å². The maximum atomic E-state index is 11.9. The minimum atomic E-state index is -3.34. The van der Waals surface area contributed by atoms with Crippen molar-refractivity contribution in [3.05, 3.63) is 23.2 Å². The quantitative estimate of drug-likeness (QED) is 0.646. The fourth-order valence-electron chi connectivity index (χ4n) is 1.80. The fourth-order valence-corrected chi connectivity index (χ4v) is 3.23. The molecule has 120 valence electrons. The number of ether oxygens (including phenoxy) is 1. The van der Waals surface area contributed by atoms with Gasteiger partial charge in [-0.1, -0.05) is 18.5 Å². The van der Waals surface area contributed by atoms with E-state index in [0.717, 1.165) is 25.9 Å². The molecule has 1 aromatic carbocycles. The molecule has 0 aliphatic rings. The number of methoxy groups -OCH3 is 1. The van der Waals surface area contributed by atoms with Crippen LogP contribution in [0, 0.1) is 0 Å². The number of hydrogen-bond donors (Lipinski definition) is 2. The van der Waals surface area contributed by atoms with Crippen LogP contribution in [-0.4, -0.2) is 34.4 Å². The number of unbranched alkanes of at least 4 members (excludes halogenated alkanes) is 1. The van der Waals surface area contributed by atoms with Crippen LogP contribution in [0.2, 0.25) is 5.02 Å². The van der Waals surface area contributed by atoms with E-state index in [2.05, 4.69) is 17.0 Å². The van der Waals surface area contributed by atoms with Crippen LogP contribution in [-0.2, 0) is 10.0 Å². The van der Waals surface area contributed by atoms with E-state index in [1.807, 2.05) is 0 Å². The molecule has 0 fully saturated rings. The van der Waals surface area contributed by atoms with E-state index in [0.29, 0.717) is 22.9 Å². The third kappa shape index (κ3) is 7.02. The zero-order valence-electron chi connectivity index (χ0n) is 12.5. The Bertz CT molecular complexity index is 535. The van der Waals surface area contributed by atoms with E-state index < -0.39 is 10.0 Å². The normalized spacial score (nSPS) is 11.4. The second kappa shape index (κ2) is 9.12. The summed E-state index contributed by atoms with van der Waals surface area (Å²) in [6, 6.07) is 4.81. The van der Waals surface area contributed by atoms with Crippen molar-refractivity contribution in [2.75, 3.05) is 30.7 Å². The van der Waals surface area contributed by atoms with E-state index in [-0.39, 0.29) is 5.75 Å². The molecule has 0 aliphatic carbocycles. The number of sulfonamides is 1. The van der Waals surface area contributed by atoms with Crippen LogP contribution in [0.1, 0.15) is 26.2 Å². The third-order valence-electron chi connectivity index (χ3n) is 2.87. The molecular formula is C14H23ClN2O3S. The molecule has 0 heterocycles. The minimum absolute atomic E-state index is 0.102. The van der Waals surface area contributed by atoms with E-state index in [1.165, 1.54) is 7.11 Å². The molecular weight excluding hydrogens is 312 g/mol. The van der Waals surface area contributed by atoms with Crippen LogP contribution in [0.4, 0.5) is 5.69 Å². The first-order valence-corrected chi connectivity index (χ1v) is 9.06. The highest BCUT2D eigenvalue weighted by Crippen LogP contribution is 2.27. The number of rotatable bonds is 10. The highest BCUT2D eigenvalue weighted by Gasteiger charge is 2.11. The molecule has 0 atom stereocenters. The summed E-state index contributed by atoms with van der Waals surface area (Å²) in [6.07, 6.45) is 2.54. The summed E-state index contributed by atoms with van der Waals surface area (Å²) in [6.45, 7) is 3.91. The Balaban J connectivity index is 2.43. The number of halogens is 1. The first-order chi connectivity index (χ1) is 9.98. The summed E-state index contributed by atoms with van der Waals surface area (Å²) >= 11 is 5.97. The van der Waals surface area contributed by atoms with Gasteiger partial charge in [-0.05, 0) is 50.6 Å². The number of benzene rings is 1. The Morgan fingerprint density at radius 3 is 2.62 bits per heavy atom. The minimum Gasteiger partial charge on any atom is -0.495 e. The lowest BCUT2D eigenvalue weighted by Crippen LogP contribution is -2.19. The lowest BCUT2D eigenvalue weighted by molar-refractivity contribution is 0.415. The highest BCUT2D eigenvalue weighted by molar-refractivity contribution is 7.92. The topological polar surface area (TPSA) is 67.4 Å². The fraction of sp³-hybridized carbons (Fsp3) is 0.571. The van der Waals surface area contributed by atoms with Crippen molar-refractivity contribution in [2.45, 2.75) is 26.2 Å². The van der Waals surface area contributed by atoms with Crippen molar-refractivity contribution in [3.63, 3.8) is 0 Å². The molecule has 7 heteroatoms. The van der Waals surface area contributed by atoms with Crippen LogP contribution in [0.3, 0.4) is 0 Å². The molecule has 0 spiro atoms. The SMILES string of the molecule is CCCNCCCCS(=O)(=O)Nc1ccc(OC)c(Cl)c1. The number of anilines is 1. The Morgan fingerprint density at radius 1 is 1.24 bits per heavy atom.